The van der Waals surface area contributed by atoms with Crippen LogP contribution in [0.1, 0.15) is 12.0 Å². The van der Waals surface area contributed by atoms with E-state index in [0.29, 0.717) is 13.1 Å². The van der Waals surface area contributed by atoms with Crippen molar-refractivity contribution in [3.05, 3.63) is 60.4 Å². The molecular formula is C18H19N3O2. The smallest absolute Gasteiger partial charge is 0.227 e. The number of hydrogen-bond donors (Lipinski definition) is 1. The highest BCUT2D eigenvalue weighted by Gasteiger charge is 2.34. The summed E-state index contributed by atoms with van der Waals surface area (Å²) < 4.78 is 0. The second-order valence-electron chi connectivity index (χ2n) is 5.64. The highest BCUT2D eigenvalue weighted by Crippen LogP contribution is 2.24. The Kier molecular flexibility index (Phi) is 4.66. The minimum atomic E-state index is -0.293. The van der Waals surface area contributed by atoms with Crippen LogP contribution in [0.2, 0.25) is 0 Å². The summed E-state index contributed by atoms with van der Waals surface area (Å²) in [6.07, 6.45) is 4.36. The molecule has 0 spiro atoms. The number of aromatic nitrogens is 1. The number of hydrogen-bond acceptors (Lipinski definition) is 3. The topological polar surface area (TPSA) is 62.3 Å². The Hall–Kier alpha value is -2.69. The fourth-order valence-corrected chi connectivity index (χ4v) is 2.77. The molecule has 5 heteroatoms. The van der Waals surface area contributed by atoms with Gasteiger partial charge in [-0.2, -0.15) is 0 Å². The predicted molar refractivity (Wildman–Crippen MR) is 87.9 cm³/mol. The Labute approximate surface area is 135 Å². The third-order valence-corrected chi connectivity index (χ3v) is 4.01. The molecule has 2 aromatic rings. The second-order valence-corrected chi connectivity index (χ2v) is 5.64. The number of amides is 2. The summed E-state index contributed by atoms with van der Waals surface area (Å²) in [4.78, 5) is 30.0. The van der Waals surface area contributed by atoms with E-state index < -0.39 is 0 Å². The third kappa shape index (κ3) is 3.74. The summed E-state index contributed by atoms with van der Waals surface area (Å²) in [6, 6.07) is 13.6. The first-order valence-corrected chi connectivity index (χ1v) is 7.76. The molecule has 1 N–H and O–H groups in total. The van der Waals surface area contributed by atoms with Crippen LogP contribution in [0.3, 0.4) is 0 Å². The third-order valence-electron chi connectivity index (χ3n) is 4.01. The minimum absolute atomic E-state index is 0.0267. The van der Waals surface area contributed by atoms with Crippen molar-refractivity contribution >= 4 is 17.5 Å². The first-order chi connectivity index (χ1) is 11.2. The molecule has 1 atom stereocenters. The lowest BCUT2D eigenvalue weighted by molar-refractivity contribution is -0.126. The normalized spacial score (nSPS) is 17.3. The molecule has 1 aromatic carbocycles. The van der Waals surface area contributed by atoms with E-state index >= 15 is 0 Å². The van der Waals surface area contributed by atoms with E-state index in [1.165, 1.54) is 5.56 Å². The number of benzene rings is 1. The Bertz CT molecular complexity index is 673. The fourth-order valence-electron chi connectivity index (χ4n) is 2.77. The van der Waals surface area contributed by atoms with Gasteiger partial charge in [0.25, 0.3) is 0 Å². The van der Waals surface area contributed by atoms with Gasteiger partial charge in [-0.25, -0.2) is 0 Å². The number of nitrogens with zero attached hydrogens (tertiary/aromatic N) is 2. The van der Waals surface area contributed by atoms with Gasteiger partial charge in [0.2, 0.25) is 11.8 Å². The first kappa shape index (κ1) is 15.2. The lowest BCUT2D eigenvalue weighted by Crippen LogP contribution is -2.34. The van der Waals surface area contributed by atoms with Gasteiger partial charge in [-0.15, -0.1) is 0 Å². The van der Waals surface area contributed by atoms with Crippen molar-refractivity contribution in [1.29, 1.82) is 0 Å². The van der Waals surface area contributed by atoms with Crippen LogP contribution >= 0.6 is 0 Å². The summed E-state index contributed by atoms with van der Waals surface area (Å²) in [5.41, 5.74) is 1.93. The van der Waals surface area contributed by atoms with E-state index in [1.54, 1.807) is 23.4 Å². The van der Waals surface area contributed by atoms with Crippen molar-refractivity contribution in [2.75, 3.05) is 18.0 Å². The summed E-state index contributed by atoms with van der Waals surface area (Å²) in [7, 11) is 0. The molecule has 1 fully saturated rings. The Morgan fingerprint density at radius 2 is 2.04 bits per heavy atom. The molecular weight excluding hydrogens is 290 g/mol. The number of carbonyl (C=O) groups is 2. The SMILES string of the molecule is O=C(NCCc1ccccc1)C1CC(=O)N(c2cccnc2)C1. The van der Waals surface area contributed by atoms with E-state index in [1.807, 2.05) is 36.4 Å². The van der Waals surface area contributed by atoms with Gasteiger partial charge < -0.3 is 10.2 Å². The maximum absolute atomic E-state index is 12.3. The largest absolute Gasteiger partial charge is 0.355 e. The maximum Gasteiger partial charge on any atom is 0.227 e. The fraction of sp³-hybridized carbons (Fsp3) is 0.278. The van der Waals surface area contributed by atoms with Crippen LogP contribution in [-0.4, -0.2) is 29.9 Å². The van der Waals surface area contributed by atoms with Gasteiger partial charge in [-0.3, -0.25) is 14.6 Å². The number of rotatable bonds is 5. The van der Waals surface area contributed by atoms with Crippen LogP contribution in [0, 0.1) is 5.92 Å². The van der Waals surface area contributed by atoms with Crippen LogP contribution in [0.25, 0.3) is 0 Å². The van der Waals surface area contributed by atoms with E-state index in [9.17, 15) is 9.59 Å². The minimum Gasteiger partial charge on any atom is -0.355 e. The van der Waals surface area contributed by atoms with Crippen LogP contribution in [0.5, 0.6) is 0 Å². The van der Waals surface area contributed by atoms with Crippen molar-refractivity contribution in [2.24, 2.45) is 5.92 Å². The number of nitrogens with one attached hydrogen (secondary N) is 1. The molecule has 0 aliphatic carbocycles. The summed E-state index contributed by atoms with van der Waals surface area (Å²) in [6.45, 7) is 1.00. The molecule has 5 nitrogen and oxygen atoms in total. The maximum atomic E-state index is 12.3. The lowest BCUT2D eigenvalue weighted by Gasteiger charge is -2.16. The molecule has 1 aliphatic heterocycles. The van der Waals surface area contributed by atoms with E-state index in [0.717, 1.165) is 12.1 Å². The molecule has 0 saturated carbocycles. The molecule has 1 aliphatic rings. The quantitative estimate of drug-likeness (QED) is 0.916. The van der Waals surface area contributed by atoms with Gasteiger partial charge in [0.15, 0.2) is 0 Å². The molecule has 3 rings (SSSR count). The first-order valence-electron chi connectivity index (χ1n) is 7.76. The van der Waals surface area contributed by atoms with Crippen LogP contribution in [-0.2, 0) is 16.0 Å². The average Bonchev–Trinajstić information content (AvgIpc) is 2.98. The lowest BCUT2D eigenvalue weighted by atomic mass is 10.1. The van der Waals surface area contributed by atoms with Gasteiger partial charge in [0, 0.05) is 25.7 Å². The zero-order chi connectivity index (χ0) is 16.1. The number of anilines is 1. The zero-order valence-electron chi connectivity index (χ0n) is 12.8. The molecule has 2 heterocycles. The Balaban J connectivity index is 1.52. The van der Waals surface area contributed by atoms with Gasteiger partial charge in [-0.05, 0) is 24.1 Å². The van der Waals surface area contributed by atoms with Crippen molar-refractivity contribution in [3.63, 3.8) is 0 Å². The van der Waals surface area contributed by atoms with Crippen LogP contribution in [0.4, 0.5) is 5.69 Å². The van der Waals surface area contributed by atoms with Crippen molar-refractivity contribution < 1.29 is 9.59 Å². The van der Waals surface area contributed by atoms with Crippen LogP contribution < -0.4 is 10.2 Å². The van der Waals surface area contributed by atoms with Gasteiger partial charge in [0.05, 0.1) is 17.8 Å². The zero-order valence-corrected chi connectivity index (χ0v) is 12.8. The molecule has 2 amide bonds. The highest BCUT2D eigenvalue weighted by atomic mass is 16.2. The monoisotopic (exact) mass is 309 g/mol. The van der Waals surface area contributed by atoms with E-state index in [4.69, 9.17) is 0 Å². The molecule has 1 saturated heterocycles. The molecule has 118 valence electrons. The molecule has 1 unspecified atom stereocenters. The standard InChI is InChI=1S/C18H19N3O2/c22-17-11-15(13-21(17)16-7-4-9-19-12-16)18(23)20-10-8-14-5-2-1-3-6-14/h1-7,9,12,15H,8,10-11,13H2,(H,20,23). The van der Waals surface area contributed by atoms with Gasteiger partial charge >= 0.3 is 0 Å². The average molecular weight is 309 g/mol. The van der Waals surface area contributed by atoms with E-state index in [-0.39, 0.29) is 24.2 Å². The van der Waals surface area contributed by atoms with Crippen LogP contribution in [0.15, 0.2) is 54.9 Å². The summed E-state index contributed by atoms with van der Waals surface area (Å²) in [5.74, 6) is -0.375. The van der Waals surface area contributed by atoms with Gasteiger partial charge in [-0.1, -0.05) is 30.3 Å². The second kappa shape index (κ2) is 7.05. The van der Waals surface area contributed by atoms with Crippen molar-refractivity contribution in [3.8, 4) is 0 Å². The predicted octanol–water partition coefficient (Wildman–Crippen LogP) is 1.79. The molecule has 0 bridgehead atoms. The molecule has 1 aromatic heterocycles. The summed E-state index contributed by atoms with van der Waals surface area (Å²) in [5, 5.41) is 2.93. The van der Waals surface area contributed by atoms with Gasteiger partial charge in [0.1, 0.15) is 0 Å². The Morgan fingerprint density at radius 3 is 2.78 bits per heavy atom. The van der Waals surface area contributed by atoms with E-state index in [2.05, 4.69) is 10.3 Å². The highest BCUT2D eigenvalue weighted by molar-refractivity contribution is 6.00. The molecule has 23 heavy (non-hydrogen) atoms. The summed E-state index contributed by atoms with van der Waals surface area (Å²) >= 11 is 0. The number of carbonyl (C=O) groups excluding carboxylic acids is 2. The number of pyridine rings is 1. The Morgan fingerprint density at radius 1 is 1.22 bits per heavy atom. The molecule has 0 radical (unpaired) electrons. The van der Waals surface area contributed by atoms with Crippen molar-refractivity contribution in [2.45, 2.75) is 12.8 Å². The van der Waals surface area contributed by atoms with Crippen molar-refractivity contribution in [1.82, 2.24) is 10.3 Å².